The van der Waals surface area contributed by atoms with E-state index in [-0.39, 0.29) is 24.2 Å². The van der Waals surface area contributed by atoms with Gasteiger partial charge in [-0.25, -0.2) is 4.79 Å². The molecule has 0 spiro atoms. The van der Waals surface area contributed by atoms with E-state index in [1.165, 1.54) is 12.1 Å². The number of rotatable bonds is 3. The monoisotopic (exact) mass is 391 g/mol. The molecule has 1 unspecified atom stereocenters. The molecule has 0 bridgehead atoms. The van der Waals surface area contributed by atoms with Gasteiger partial charge in [0.1, 0.15) is 0 Å². The molecule has 5 nitrogen and oxygen atoms in total. The zero-order valence-corrected chi connectivity index (χ0v) is 15.5. The number of fused-ring (bicyclic) bond motifs is 1. The Bertz CT molecular complexity index is 896. The summed E-state index contributed by atoms with van der Waals surface area (Å²) >= 11 is 0. The van der Waals surface area contributed by atoms with Crippen LogP contribution in [0.5, 0.6) is 0 Å². The smallest absolute Gasteiger partial charge is 0.416 e. The summed E-state index contributed by atoms with van der Waals surface area (Å²) in [5.74, 6) is -0.651. The van der Waals surface area contributed by atoms with Gasteiger partial charge < -0.3 is 9.64 Å². The van der Waals surface area contributed by atoms with Gasteiger partial charge in [-0.05, 0) is 50.1 Å². The van der Waals surface area contributed by atoms with Gasteiger partial charge in [-0.1, -0.05) is 24.3 Å². The number of halogens is 3. The number of para-hydroxylation sites is 1. The minimum Gasteiger partial charge on any atom is -0.460 e. The minimum atomic E-state index is -4.46. The molecule has 3 rings (SSSR count). The van der Waals surface area contributed by atoms with Crippen LogP contribution in [0.3, 0.4) is 0 Å². The van der Waals surface area contributed by atoms with Gasteiger partial charge in [0.05, 0.1) is 17.9 Å². The fourth-order valence-electron chi connectivity index (χ4n) is 3.16. The van der Waals surface area contributed by atoms with Crippen molar-refractivity contribution in [2.24, 2.45) is 5.10 Å². The average Bonchev–Trinajstić information content (AvgIpc) is 2.98. The molecule has 1 aliphatic heterocycles. The Morgan fingerprint density at radius 3 is 2.71 bits per heavy atom. The van der Waals surface area contributed by atoms with Crippen molar-refractivity contribution in [2.75, 3.05) is 16.9 Å². The molecule has 0 amide bonds. The maximum atomic E-state index is 12.9. The molecular formula is C20H20F3N3O2. The number of amidine groups is 1. The first-order chi connectivity index (χ1) is 13.3. The van der Waals surface area contributed by atoms with Crippen molar-refractivity contribution in [1.82, 2.24) is 0 Å². The zero-order valence-electron chi connectivity index (χ0n) is 15.5. The third-order valence-electron chi connectivity index (χ3n) is 4.37. The number of hydrogen-bond donors (Lipinski definition) is 1. The molecule has 0 radical (unpaired) electrons. The Morgan fingerprint density at radius 2 is 2.00 bits per heavy atom. The number of ether oxygens (including phenoxy) is 1. The molecule has 1 heterocycles. The van der Waals surface area contributed by atoms with Gasteiger partial charge in [0.15, 0.2) is 0 Å². The molecule has 1 aliphatic rings. The van der Waals surface area contributed by atoms with Gasteiger partial charge >= 0.3 is 12.1 Å². The predicted molar refractivity (Wildman–Crippen MR) is 101 cm³/mol. The first kappa shape index (κ1) is 19.7. The number of anilines is 2. The molecule has 0 aromatic heterocycles. The highest BCUT2D eigenvalue weighted by atomic mass is 19.4. The van der Waals surface area contributed by atoms with Crippen molar-refractivity contribution in [1.29, 1.82) is 0 Å². The summed E-state index contributed by atoms with van der Waals surface area (Å²) in [5, 5.41) is 4.12. The Labute approximate surface area is 160 Å². The molecule has 0 saturated carbocycles. The maximum Gasteiger partial charge on any atom is 0.416 e. The minimum absolute atomic E-state index is 0.00304. The SMILES string of the molecule is CCOC(=O)C(=NNc1cccc(C(F)(F)F)c1)N1c2ccccc2CC1C. The van der Waals surface area contributed by atoms with Gasteiger partial charge in [0.2, 0.25) is 5.84 Å². The van der Waals surface area contributed by atoms with Crippen molar-refractivity contribution < 1.29 is 22.7 Å². The summed E-state index contributed by atoms with van der Waals surface area (Å²) in [7, 11) is 0. The van der Waals surface area contributed by atoms with Crippen LogP contribution in [0, 0.1) is 0 Å². The van der Waals surface area contributed by atoms with E-state index >= 15 is 0 Å². The standard InChI is InChI=1S/C20H20F3N3O2/c1-3-28-19(27)18(26-13(2)11-14-7-4-5-10-17(14)26)25-24-16-9-6-8-15(12-16)20(21,22)23/h4-10,12-13,24H,3,11H2,1-2H3. The largest absolute Gasteiger partial charge is 0.460 e. The molecule has 2 aromatic rings. The number of hydrogen-bond acceptors (Lipinski definition) is 4. The second kappa shape index (κ2) is 7.92. The number of hydrazone groups is 1. The number of nitrogens with zero attached hydrogens (tertiary/aromatic N) is 2. The van der Waals surface area contributed by atoms with Crippen LogP contribution in [0.15, 0.2) is 53.6 Å². The maximum absolute atomic E-state index is 12.9. The highest BCUT2D eigenvalue weighted by Crippen LogP contribution is 2.33. The van der Waals surface area contributed by atoms with Crippen LogP contribution in [0.4, 0.5) is 24.5 Å². The van der Waals surface area contributed by atoms with Crippen LogP contribution in [-0.4, -0.2) is 24.5 Å². The van der Waals surface area contributed by atoms with E-state index in [1.807, 2.05) is 31.2 Å². The van der Waals surface area contributed by atoms with E-state index in [9.17, 15) is 18.0 Å². The van der Waals surface area contributed by atoms with Crippen molar-refractivity contribution in [2.45, 2.75) is 32.5 Å². The fourth-order valence-corrected chi connectivity index (χ4v) is 3.16. The summed E-state index contributed by atoms with van der Waals surface area (Å²) in [6.07, 6.45) is -3.74. The van der Waals surface area contributed by atoms with Gasteiger partial charge in [-0.15, -0.1) is 5.10 Å². The number of benzene rings is 2. The van der Waals surface area contributed by atoms with E-state index in [4.69, 9.17) is 4.74 Å². The molecule has 0 saturated heterocycles. The second-order valence-corrected chi connectivity index (χ2v) is 6.40. The first-order valence-corrected chi connectivity index (χ1v) is 8.86. The van der Waals surface area contributed by atoms with Crippen LogP contribution < -0.4 is 10.3 Å². The second-order valence-electron chi connectivity index (χ2n) is 6.40. The molecule has 0 aliphatic carbocycles. The summed E-state index contributed by atoms with van der Waals surface area (Å²) in [4.78, 5) is 14.3. The van der Waals surface area contributed by atoms with Crippen LogP contribution in [-0.2, 0) is 22.1 Å². The highest BCUT2D eigenvalue weighted by molar-refractivity contribution is 6.41. The highest BCUT2D eigenvalue weighted by Gasteiger charge is 2.34. The van der Waals surface area contributed by atoms with E-state index < -0.39 is 17.7 Å². The van der Waals surface area contributed by atoms with Crippen molar-refractivity contribution in [3.8, 4) is 0 Å². The van der Waals surface area contributed by atoms with Crippen LogP contribution >= 0.6 is 0 Å². The Morgan fingerprint density at radius 1 is 1.25 bits per heavy atom. The van der Waals surface area contributed by atoms with Gasteiger partial charge in [0, 0.05) is 11.7 Å². The average molecular weight is 391 g/mol. The quantitative estimate of drug-likeness (QED) is 0.364. The van der Waals surface area contributed by atoms with Gasteiger partial charge in [-0.2, -0.15) is 13.2 Å². The lowest BCUT2D eigenvalue weighted by atomic mass is 10.1. The van der Waals surface area contributed by atoms with Gasteiger partial charge in [0.25, 0.3) is 0 Å². The third kappa shape index (κ3) is 4.11. The number of alkyl halides is 3. The lowest BCUT2D eigenvalue weighted by molar-refractivity contribution is -0.137. The molecule has 148 valence electrons. The summed E-state index contributed by atoms with van der Waals surface area (Å²) < 4.78 is 43.8. The van der Waals surface area contributed by atoms with E-state index in [0.717, 1.165) is 29.8 Å². The van der Waals surface area contributed by atoms with Crippen LogP contribution in [0.2, 0.25) is 0 Å². The van der Waals surface area contributed by atoms with E-state index in [1.54, 1.807) is 11.8 Å². The number of carbonyl (C=O) groups excluding carboxylic acids is 1. The molecule has 0 fully saturated rings. The molecule has 28 heavy (non-hydrogen) atoms. The van der Waals surface area contributed by atoms with Crippen LogP contribution in [0.25, 0.3) is 0 Å². The van der Waals surface area contributed by atoms with E-state index in [0.29, 0.717) is 0 Å². The molecule has 1 N–H and O–H groups in total. The van der Waals surface area contributed by atoms with E-state index in [2.05, 4.69) is 10.5 Å². The number of carbonyl (C=O) groups is 1. The first-order valence-electron chi connectivity index (χ1n) is 8.86. The lowest BCUT2D eigenvalue weighted by Crippen LogP contribution is -2.42. The van der Waals surface area contributed by atoms with Gasteiger partial charge in [-0.3, -0.25) is 5.43 Å². The summed E-state index contributed by atoms with van der Waals surface area (Å²) in [5.41, 5.74) is 3.78. The lowest BCUT2D eigenvalue weighted by Gasteiger charge is -2.25. The van der Waals surface area contributed by atoms with Crippen molar-refractivity contribution >= 4 is 23.2 Å². The molecule has 2 aromatic carbocycles. The Balaban J connectivity index is 1.94. The molecule has 1 atom stereocenters. The fraction of sp³-hybridized carbons (Fsp3) is 0.300. The Kier molecular flexibility index (Phi) is 5.58. The normalized spacial score (nSPS) is 16.7. The number of esters is 1. The van der Waals surface area contributed by atoms with Crippen molar-refractivity contribution in [3.63, 3.8) is 0 Å². The summed E-state index contributed by atoms with van der Waals surface area (Å²) in [6.45, 7) is 3.78. The summed E-state index contributed by atoms with van der Waals surface area (Å²) in [6, 6.07) is 12.2. The zero-order chi connectivity index (χ0) is 20.3. The predicted octanol–water partition coefficient (Wildman–Crippen LogP) is 4.45. The third-order valence-corrected chi connectivity index (χ3v) is 4.37. The molecule has 8 heteroatoms. The topological polar surface area (TPSA) is 53.9 Å². The number of nitrogens with one attached hydrogen (secondary N) is 1. The van der Waals surface area contributed by atoms with Crippen molar-refractivity contribution in [3.05, 3.63) is 59.7 Å². The Hall–Kier alpha value is -3.03. The van der Waals surface area contributed by atoms with Crippen LogP contribution in [0.1, 0.15) is 25.0 Å². The molecular weight excluding hydrogens is 371 g/mol.